The first-order chi connectivity index (χ1) is 10.1. The van der Waals surface area contributed by atoms with Crippen LogP contribution in [0.4, 0.5) is 0 Å². The van der Waals surface area contributed by atoms with Crippen LogP contribution < -0.4 is 0 Å². The Morgan fingerprint density at radius 2 is 2.29 bits per heavy atom. The molecule has 1 aliphatic heterocycles. The van der Waals surface area contributed by atoms with E-state index in [1.54, 1.807) is 11.2 Å². The van der Waals surface area contributed by atoms with Crippen molar-refractivity contribution in [2.45, 2.75) is 52.1 Å². The van der Waals surface area contributed by atoms with Gasteiger partial charge in [0.25, 0.3) is 0 Å². The molecule has 2 amide bonds. The Bertz CT molecular complexity index is 470. The van der Waals surface area contributed by atoms with Gasteiger partial charge in [-0.15, -0.1) is 0 Å². The van der Waals surface area contributed by atoms with Crippen molar-refractivity contribution in [2.75, 3.05) is 13.1 Å². The standard InChI is InChI=1S/C16H24N2O3/c1-3-4-9-17(12-14-7-6-11-21-14)16(20)15-8-5-10-18(15)13(2)19/h6-7,11,15H,3-5,8-10,12H2,1-2H3/t15-/m0/s1. The maximum Gasteiger partial charge on any atom is 0.245 e. The van der Waals surface area contributed by atoms with Crippen molar-refractivity contribution < 1.29 is 14.0 Å². The van der Waals surface area contributed by atoms with Gasteiger partial charge in [-0.2, -0.15) is 0 Å². The highest BCUT2D eigenvalue weighted by Crippen LogP contribution is 2.21. The fourth-order valence-corrected chi connectivity index (χ4v) is 2.82. The summed E-state index contributed by atoms with van der Waals surface area (Å²) in [6, 6.07) is 3.41. The van der Waals surface area contributed by atoms with Crippen molar-refractivity contribution in [2.24, 2.45) is 0 Å². The number of rotatable bonds is 6. The number of hydrogen-bond donors (Lipinski definition) is 0. The molecule has 5 nitrogen and oxygen atoms in total. The lowest BCUT2D eigenvalue weighted by atomic mass is 10.1. The molecule has 1 fully saturated rings. The number of furan rings is 1. The lowest BCUT2D eigenvalue weighted by Gasteiger charge is -2.29. The molecule has 1 aromatic heterocycles. The molecule has 0 bridgehead atoms. The van der Waals surface area contributed by atoms with Crippen LogP contribution in [0.15, 0.2) is 22.8 Å². The van der Waals surface area contributed by atoms with E-state index in [0.717, 1.165) is 31.4 Å². The number of amides is 2. The maximum atomic E-state index is 12.8. The molecule has 0 aliphatic carbocycles. The summed E-state index contributed by atoms with van der Waals surface area (Å²) in [5.74, 6) is 0.818. The van der Waals surface area contributed by atoms with Gasteiger partial charge >= 0.3 is 0 Å². The molecule has 116 valence electrons. The van der Waals surface area contributed by atoms with Gasteiger partial charge in [0.2, 0.25) is 11.8 Å². The second-order valence-electron chi connectivity index (χ2n) is 5.56. The highest BCUT2D eigenvalue weighted by molar-refractivity contribution is 5.87. The molecule has 2 rings (SSSR count). The third kappa shape index (κ3) is 3.86. The van der Waals surface area contributed by atoms with Crippen molar-refractivity contribution in [1.82, 2.24) is 9.80 Å². The van der Waals surface area contributed by atoms with Crippen molar-refractivity contribution >= 4 is 11.8 Å². The number of carbonyl (C=O) groups is 2. The lowest BCUT2D eigenvalue weighted by molar-refractivity contribution is -0.143. The largest absolute Gasteiger partial charge is 0.467 e. The van der Waals surface area contributed by atoms with E-state index in [9.17, 15) is 9.59 Å². The summed E-state index contributed by atoms with van der Waals surface area (Å²) in [5, 5.41) is 0. The van der Waals surface area contributed by atoms with Gasteiger partial charge in [-0.1, -0.05) is 13.3 Å². The first kappa shape index (κ1) is 15.6. The predicted molar refractivity (Wildman–Crippen MR) is 79.4 cm³/mol. The summed E-state index contributed by atoms with van der Waals surface area (Å²) in [4.78, 5) is 28.0. The van der Waals surface area contributed by atoms with E-state index < -0.39 is 0 Å². The van der Waals surface area contributed by atoms with Crippen LogP contribution in [-0.2, 0) is 16.1 Å². The fraction of sp³-hybridized carbons (Fsp3) is 0.625. The van der Waals surface area contributed by atoms with E-state index in [1.165, 1.54) is 6.92 Å². The minimum atomic E-state index is -0.297. The second-order valence-corrected chi connectivity index (χ2v) is 5.56. The summed E-state index contributed by atoms with van der Waals surface area (Å²) < 4.78 is 5.36. The number of nitrogens with zero attached hydrogens (tertiary/aromatic N) is 2. The van der Waals surface area contributed by atoms with Crippen LogP contribution in [0.1, 0.15) is 45.3 Å². The minimum Gasteiger partial charge on any atom is -0.467 e. The number of likely N-dealkylation sites (tertiary alicyclic amines) is 1. The van der Waals surface area contributed by atoms with Crippen molar-refractivity contribution in [3.63, 3.8) is 0 Å². The molecular formula is C16H24N2O3. The molecule has 1 saturated heterocycles. The summed E-state index contributed by atoms with van der Waals surface area (Å²) >= 11 is 0. The van der Waals surface area contributed by atoms with Gasteiger partial charge in [0.1, 0.15) is 11.8 Å². The van der Waals surface area contributed by atoms with Crippen LogP contribution in [0.5, 0.6) is 0 Å². The van der Waals surface area contributed by atoms with E-state index in [4.69, 9.17) is 4.42 Å². The Morgan fingerprint density at radius 1 is 1.48 bits per heavy atom. The van der Waals surface area contributed by atoms with Crippen molar-refractivity contribution in [1.29, 1.82) is 0 Å². The molecule has 0 radical (unpaired) electrons. The van der Waals surface area contributed by atoms with Gasteiger partial charge in [-0.05, 0) is 31.4 Å². The third-order valence-electron chi connectivity index (χ3n) is 3.96. The Hall–Kier alpha value is -1.78. The molecule has 0 saturated carbocycles. The van der Waals surface area contributed by atoms with Crippen molar-refractivity contribution in [3.05, 3.63) is 24.2 Å². The van der Waals surface area contributed by atoms with Gasteiger partial charge in [-0.3, -0.25) is 9.59 Å². The quantitative estimate of drug-likeness (QED) is 0.809. The van der Waals surface area contributed by atoms with Crippen LogP contribution >= 0.6 is 0 Å². The highest BCUT2D eigenvalue weighted by Gasteiger charge is 2.35. The van der Waals surface area contributed by atoms with Crippen LogP contribution in [0, 0.1) is 0 Å². The SMILES string of the molecule is CCCCN(Cc1ccco1)C(=O)[C@@H]1CCCN1C(C)=O. The summed E-state index contributed by atoms with van der Waals surface area (Å²) in [5.41, 5.74) is 0. The first-order valence-corrected chi connectivity index (χ1v) is 7.72. The average molecular weight is 292 g/mol. The molecule has 21 heavy (non-hydrogen) atoms. The molecule has 5 heteroatoms. The molecule has 1 aliphatic rings. The minimum absolute atomic E-state index is 0.0145. The fourth-order valence-electron chi connectivity index (χ4n) is 2.82. The summed E-state index contributed by atoms with van der Waals surface area (Å²) in [6.07, 6.45) is 5.27. The second kappa shape index (κ2) is 7.29. The lowest BCUT2D eigenvalue weighted by Crippen LogP contribution is -2.47. The predicted octanol–water partition coefficient (Wildman–Crippen LogP) is 2.42. The molecule has 0 spiro atoms. The van der Waals surface area contributed by atoms with Gasteiger partial charge in [-0.25, -0.2) is 0 Å². The zero-order valence-electron chi connectivity index (χ0n) is 12.9. The van der Waals surface area contributed by atoms with E-state index in [1.807, 2.05) is 17.0 Å². The molecule has 0 aromatic carbocycles. The molecule has 1 aromatic rings. The van der Waals surface area contributed by atoms with Crippen LogP contribution in [0.2, 0.25) is 0 Å². The van der Waals surface area contributed by atoms with Gasteiger partial charge in [0.05, 0.1) is 12.8 Å². The van der Waals surface area contributed by atoms with E-state index in [-0.39, 0.29) is 17.9 Å². The van der Waals surface area contributed by atoms with Gasteiger partial charge in [0.15, 0.2) is 0 Å². The third-order valence-corrected chi connectivity index (χ3v) is 3.96. The number of hydrogen-bond acceptors (Lipinski definition) is 3. The van der Waals surface area contributed by atoms with Gasteiger partial charge in [0, 0.05) is 20.0 Å². The average Bonchev–Trinajstić information content (AvgIpc) is 3.13. The molecule has 2 heterocycles. The molecule has 1 atom stereocenters. The van der Waals surface area contributed by atoms with E-state index in [2.05, 4.69) is 6.92 Å². The van der Waals surface area contributed by atoms with E-state index in [0.29, 0.717) is 19.6 Å². The Kier molecular flexibility index (Phi) is 5.42. The zero-order chi connectivity index (χ0) is 15.2. The van der Waals surface area contributed by atoms with Crippen LogP contribution in [0.3, 0.4) is 0 Å². The van der Waals surface area contributed by atoms with Gasteiger partial charge < -0.3 is 14.2 Å². The van der Waals surface area contributed by atoms with Crippen molar-refractivity contribution in [3.8, 4) is 0 Å². The van der Waals surface area contributed by atoms with Crippen LogP contribution in [0.25, 0.3) is 0 Å². The monoisotopic (exact) mass is 292 g/mol. The Labute approximate surface area is 125 Å². The molecule has 0 N–H and O–H groups in total. The normalized spacial score (nSPS) is 18.0. The number of unbranched alkanes of at least 4 members (excludes halogenated alkanes) is 1. The zero-order valence-corrected chi connectivity index (χ0v) is 12.9. The molecular weight excluding hydrogens is 268 g/mol. The van der Waals surface area contributed by atoms with Crippen LogP contribution in [-0.4, -0.2) is 40.7 Å². The Morgan fingerprint density at radius 3 is 2.90 bits per heavy atom. The maximum absolute atomic E-state index is 12.8. The topological polar surface area (TPSA) is 53.8 Å². The smallest absolute Gasteiger partial charge is 0.245 e. The number of carbonyl (C=O) groups excluding carboxylic acids is 2. The highest BCUT2D eigenvalue weighted by atomic mass is 16.3. The Balaban J connectivity index is 2.07. The summed E-state index contributed by atoms with van der Waals surface area (Å²) in [7, 11) is 0. The molecule has 0 unspecified atom stereocenters. The summed E-state index contributed by atoms with van der Waals surface area (Å²) in [6.45, 7) is 5.52. The first-order valence-electron chi connectivity index (χ1n) is 7.72. The van der Waals surface area contributed by atoms with E-state index >= 15 is 0 Å².